The van der Waals surface area contributed by atoms with E-state index in [1.165, 1.54) is 0 Å². The third-order valence-corrected chi connectivity index (χ3v) is 7.62. The molecule has 4 nitrogen and oxygen atoms in total. The van der Waals surface area contributed by atoms with E-state index >= 15 is 0 Å². The van der Waals surface area contributed by atoms with E-state index in [2.05, 4.69) is 5.32 Å². The number of thioether (sulfide) groups is 1. The van der Waals surface area contributed by atoms with Gasteiger partial charge in [-0.3, -0.25) is 4.79 Å². The monoisotopic (exact) mass is 457 g/mol. The molecule has 154 valence electrons. The SMILES string of the molecule is O=C(Nc1c2c(nn1-c1ccc(Cl)cc1)CSC2)C1(c2ccc(Cl)cc2)CCCC1. The van der Waals surface area contributed by atoms with Crippen molar-refractivity contribution in [1.82, 2.24) is 9.78 Å². The highest BCUT2D eigenvalue weighted by molar-refractivity contribution is 7.98. The average molecular weight is 458 g/mol. The van der Waals surface area contributed by atoms with E-state index in [1.807, 2.05) is 65.0 Å². The fraction of sp³-hybridized carbons (Fsp3) is 0.304. The lowest BCUT2D eigenvalue weighted by Gasteiger charge is -2.28. The first kappa shape index (κ1) is 20.0. The quantitative estimate of drug-likeness (QED) is 0.494. The van der Waals surface area contributed by atoms with Gasteiger partial charge in [0.15, 0.2) is 0 Å². The Hall–Kier alpha value is -1.95. The first-order valence-corrected chi connectivity index (χ1v) is 12.0. The van der Waals surface area contributed by atoms with Crippen molar-refractivity contribution in [2.24, 2.45) is 0 Å². The fourth-order valence-electron chi connectivity index (χ4n) is 4.53. The first-order chi connectivity index (χ1) is 14.6. The van der Waals surface area contributed by atoms with Crippen LogP contribution in [-0.4, -0.2) is 15.7 Å². The molecule has 1 aliphatic heterocycles. The molecule has 2 aliphatic rings. The lowest BCUT2D eigenvalue weighted by molar-refractivity contribution is -0.121. The van der Waals surface area contributed by atoms with E-state index in [4.69, 9.17) is 28.3 Å². The molecule has 1 N–H and O–H groups in total. The number of amides is 1. The zero-order valence-electron chi connectivity index (χ0n) is 16.3. The van der Waals surface area contributed by atoms with E-state index in [0.29, 0.717) is 10.0 Å². The maximum Gasteiger partial charge on any atom is 0.236 e. The molecule has 1 aromatic heterocycles. The summed E-state index contributed by atoms with van der Waals surface area (Å²) >= 11 is 14.0. The number of nitrogens with one attached hydrogen (secondary N) is 1. The number of halogens is 2. The molecule has 1 saturated carbocycles. The first-order valence-electron chi connectivity index (χ1n) is 10.1. The summed E-state index contributed by atoms with van der Waals surface area (Å²) in [6.45, 7) is 0. The number of hydrogen-bond donors (Lipinski definition) is 1. The lowest BCUT2D eigenvalue weighted by Crippen LogP contribution is -2.38. The largest absolute Gasteiger partial charge is 0.310 e. The Morgan fingerprint density at radius 1 is 0.967 bits per heavy atom. The van der Waals surface area contributed by atoms with Gasteiger partial charge in [0.25, 0.3) is 0 Å². The van der Waals surface area contributed by atoms with Crippen LogP contribution in [0.2, 0.25) is 10.0 Å². The Bertz CT molecular complexity index is 1090. The highest BCUT2D eigenvalue weighted by Crippen LogP contribution is 2.43. The van der Waals surface area contributed by atoms with Crippen molar-refractivity contribution in [3.8, 4) is 5.69 Å². The van der Waals surface area contributed by atoms with Gasteiger partial charge in [-0.15, -0.1) is 0 Å². The van der Waals surface area contributed by atoms with Crippen LogP contribution in [0.1, 0.15) is 42.5 Å². The fourth-order valence-corrected chi connectivity index (χ4v) is 5.82. The van der Waals surface area contributed by atoms with Crippen molar-refractivity contribution >= 4 is 46.7 Å². The van der Waals surface area contributed by atoms with Crippen molar-refractivity contribution in [3.05, 3.63) is 75.4 Å². The molecule has 1 aliphatic carbocycles. The van der Waals surface area contributed by atoms with Crippen molar-refractivity contribution in [3.63, 3.8) is 0 Å². The van der Waals surface area contributed by atoms with Gasteiger partial charge in [0.05, 0.1) is 16.8 Å². The Balaban J connectivity index is 1.54. The third-order valence-electron chi connectivity index (χ3n) is 6.14. The molecule has 2 heterocycles. The number of carbonyl (C=O) groups excluding carboxylic acids is 1. The highest BCUT2D eigenvalue weighted by atomic mass is 35.5. The average Bonchev–Trinajstić information content (AvgIpc) is 3.47. The number of aromatic nitrogens is 2. The Morgan fingerprint density at radius 2 is 1.60 bits per heavy atom. The van der Waals surface area contributed by atoms with Crippen LogP contribution in [0, 0.1) is 0 Å². The molecule has 0 radical (unpaired) electrons. The summed E-state index contributed by atoms with van der Waals surface area (Å²) < 4.78 is 1.85. The van der Waals surface area contributed by atoms with Gasteiger partial charge in [0.1, 0.15) is 5.82 Å². The normalized spacial score (nSPS) is 17.1. The number of carbonyl (C=O) groups is 1. The van der Waals surface area contributed by atoms with E-state index in [9.17, 15) is 4.79 Å². The topological polar surface area (TPSA) is 46.9 Å². The van der Waals surface area contributed by atoms with Gasteiger partial charge in [-0.05, 0) is 54.8 Å². The number of anilines is 1. The molecular formula is C23H21Cl2N3OS. The maximum atomic E-state index is 13.7. The van der Waals surface area contributed by atoms with Crippen LogP contribution >= 0.6 is 35.0 Å². The Kier molecular flexibility index (Phi) is 5.30. The van der Waals surface area contributed by atoms with Gasteiger partial charge in [0.2, 0.25) is 5.91 Å². The molecule has 0 spiro atoms. The summed E-state index contributed by atoms with van der Waals surface area (Å²) in [7, 11) is 0. The van der Waals surface area contributed by atoms with Gasteiger partial charge < -0.3 is 5.32 Å². The third kappa shape index (κ3) is 3.43. The van der Waals surface area contributed by atoms with Crippen molar-refractivity contribution in [2.45, 2.75) is 42.6 Å². The molecule has 1 fully saturated rings. The molecule has 7 heteroatoms. The van der Waals surface area contributed by atoms with E-state index in [0.717, 1.165) is 65.5 Å². The zero-order valence-corrected chi connectivity index (χ0v) is 18.7. The van der Waals surface area contributed by atoms with Crippen LogP contribution in [0.15, 0.2) is 48.5 Å². The van der Waals surface area contributed by atoms with Crippen LogP contribution in [0.5, 0.6) is 0 Å². The smallest absolute Gasteiger partial charge is 0.236 e. The summed E-state index contributed by atoms with van der Waals surface area (Å²) in [5, 5.41) is 9.44. The van der Waals surface area contributed by atoms with Gasteiger partial charge in [0, 0.05) is 27.1 Å². The maximum absolute atomic E-state index is 13.7. The van der Waals surface area contributed by atoms with Gasteiger partial charge >= 0.3 is 0 Å². The molecule has 2 aromatic carbocycles. The minimum Gasteiger partial charge on any atom is -0.310 e. The predicted octanol–water partition coefficient (Wildman–Crippen LogP) is 6.38. The molecule has 0 saturated heterocycles. The second-order valence-corrected chi connectivity index (χ2v) is 9.76. The molecule has 1 amide bonds. The molecule has 0 unspecified atom stereocenters. The van der Waals surface area contributed by atoms with Gasteiger partial charge in [-0.1, -0.05) is 48.2 Å². The molecule has 0 atom stereocenters. The van der Waals surface area contributed by atoms with E-state index in [-0.39, 0.29) is 5.91 Å². The van der Waals surface area contributed by atoms with Crippen LogP contribution in [0.25, 0.3) is 5.69 Å². The molecule has 5 rings (SSSR count). The number of nitrogens with zero attached hydrogens (tertiary/aromatic N) is 2. The predicted molar refractivity (Wildman–Crippen MR) is 124 cm³/mol. The number of fused-ring (bicyclic) bond motifs is 1. The van der Waals surface area contributed by atoms with Crippen molar-refractivity contribution in [1.29, 1.82) is 0 Å². The molecular weight excluding hydrogens is 437 g/mol. The Labute approximate surface area is 190 Å². The van der Waals surface area contributed by atoms with Gasteiger partial charge in [-0.2, -0.15) is 16.9 Å². The highest BCUT2D eigenvalue weighted by Gasteiger charge is 2.43. The van der Waals surface area contributed by atoms with Crippen LogP contribution in [0.4, 0.5) is 5.82 Å². The van der Waals surface area contributed by atoms with E-state index < -0.39 is 5.41 Å². The van der Waals surface area contributed by atoms with E-state index in [1.54, 1.807) is 0 Å². The second-order valence-electron chi connectivity index (χ2n) is 7.91. The molecule has 0 bridgehead atoms. The summed E-state index contributed by atoms with van der Waals surface area (Å²) in [5.74, 6) is 2.54. The van der Waals surface area contributed by atoms with Gasteiger partial charge in [-0.25, -0.2) is 4.68 Å². The number of rotatable bonds is 4. The molecule has 30 heavy (non-hydrogen) atoms. The molecule has 3 aromatic rings. The number of hydrogen-bond acceptors (Lipinski definition) is 3. The van der Waals surface area contributed by atoms with Crippen LogP contribution in [-0.2, 0) is 21.7 Å². The summed E-state index contributed by atoms with van der Waals surface area (Å²) in [4.78, 5) is 13.7. The van der Waals surface area contributed by atoms with Crippen molar-refractivity contribution < 1.29 is 4.79 Å². The van der Waals surface area contributed by atoms with Crippen LogP contribution < -0.4 is 5.32 Å². The summed E-state index contributed by atoms with van der Waals surface area (Å²) in [6, 6.07) is 15.3. The standard InChI is InChI=1S/C23H21Cl2N3OS/c24-16-5-3-15(4-6-16)23(11-1-2-12-23)22(29)26-21-19-13-30-14-20(19)27-28(21)18-9-7-17(25)8-10-18/h3-10H,1-2,11-14H2,(H,26,29). The minimum atomic E-state index is -0.529. The minimum absolute atomic E-state index is 0.0390. The second kappa shape index (κ2) is 7.95. The zero-order chi connectivity index (χ0) is 20.7. The lowest BCUT2D eigenvalue weighted by atomic mass is 9.78. The number of benzene rings is 2. The van der Waals surface area contributed by atoms with Crippen molar-refractivity contribution in [2.75, 3.05) is 5.32 Å². The Morgan fingerprint density at radius 3 is 2.27 bits per heavy atom. The summed E-state index contributed by atoms with van der Waals surface area (Å²) in [6.07, 6.45) is 3.76. The summed E-state index contributed by atoms with van der Waals surface area (Å²) in [5.41, 5.74) is 3.55. The van der Waals surface area contributed by atoms with Crippen LogP contribution in [0.3, 0.4) is 0 Å².